The van der Waals surface area contributed by atoms with Crippen LogP contribution < -0.4 is 10.1 Å². The predicted molar refractivity (Wildman–Crippen MR) is 80.3 cm³/mol. The van der Waals surface area contributed by atoms with E-state index in [0.717, 1.165) is 19.1 Å². The van der Waals surface area contributed by atoms with Crippen molar-refractivity contribution in [1.82, 2.24) is 5.32 Å². The lowest BCUT2D eigenvalue weighted by molar-refractivity contribution is -0.384. The average Bonchev–Trinajstić information content (AvgIpc) is 2.55. The number of nitrogens with zero attached hydrogens (tertiary/aromatic N) is 1. The second-order valence-electron chi connectivity index (χ2n) is 5.50. The molecule has 0 aliphatic carbocycles. The topological polar surface area (TPSA) is 172 Å². The SMILES string of the molecule is CC(=O)N[C@]1(O)C(Oc2ccc([N+](=O)[O-])cc2)O[C@H](CO)[C@H](O)[C@@H]1O. The van der Waals surface area contributed by atoms with Crippen molar-refractivity contribution in [3.63, 3.8) is 0 Å². The summed E-state index contributed by atoms with van der Waals surface area (Å²) < 4.78 is 10.6. The fourth-order valence-corrected chi connectivity index (χ4v) is 2.40. The molecular formula is C14H18N2O9. The molecule has 5 atom stereocenters. The summed E-state index contributed by atoms with van der Waals surface area (Å²) in [4.78, 5) is 21.4. The number of aliphatic hydroxyl groups excluding tert-OH is 3. The Morgan fingerprint density at radius 1 is 1.40 bits per heavy atom. The van der Waals surface area contributed by atoms with Gasteiger partial charge in [0.1, 0.15) is 24.1 Å². The zero-order valence-electron chi connectivity index (χ0n) is 13.1. The second kappa shape index (κ2) is 7.29. The first-order chi connectivity index (χ1) is 11.7. The number of hydrogen-bond donors (Lipinski definition) is 5. The Labute approximate surface area is 141 Å². The van der Waals surface area contributed by atoms with E-state index in [0.29, 0.717) is 0 Å². The van der Waals surface area contributed by atoms with Crippen molar-refractivity contribution in [3.8, 4) is 5.75 Å². The molecule has 1 unspecified atom stereocenters. The lowest BCUT2D eigenvalue weighted by Crippen LogP contribution is -2.74. The van der Waals surface area contributed by atoms with Crippen molar-refractivity contribution in [2.75, 3.05) is 6.61 Å². The van der Waals surface area contributed by atoms with Crippen LogP contribution in [0.2, 0.25) is 0 Å². The zero-order chi connectivity index (χ0) is 18.8. The summed E-state index contributed by atoms with van der Waals surface area (Å²) in [5, 5.41) is 52.5. The van der Waals surface area contributed by atoms with Gasteiger partial charge >= 0.3 is 0 Å². The van der Waals surface area contributed by atoms with E-state index >= 15 is 0 Å². The van der Waals surface area contributed by atoms with E-state index in [1.165, 1.54) is 12.1 Å². The molecule has 5 N–H and O–H groups in total. The maximum atomic E-state index is 11.3. The van der Waals surface area contributed by atoms with Crippen LogP contribution in [0.4, 0.5) is 5.69 Å². The van der Waals surface area contributed by atoms with Gasteiger partial charge in [-0.1, -0.05) is 0 Å². The number of aliphatic hydroxyl groups is 4. The third-order valence-electron chi connectivity index (χ3n) is 3.66. The molecule has 25 heavy (non-hydrogen) atoms. The summed E-state index contributed by atoms with van der Waals surface area (Å²) in [5.41, 5.74) is -2.71. The van der Waals surface area contributed by atoms with Crippen molar-refractivity contribution < 1.29 is 39.6 Å². The Kier molecular flexibility index (Phi) is 5.55. The summed E-state index contributed by atoms with van der Waals surface area (Å²) in [7, 11) is 0. The molecular weight excluding hydrogens is 340 g/mol. The highest BCUT2D eigenvalue weighted by Crippen LogP contribution is 2.31. The van der Waals surface area contributed by atoms with Gasteiger partial charge in [0.2, 0.25) is 11.6 Å². The van der Waals surface area contributed by atoms with Gasteiger partial charge in [-0.15, -0.1) is 0 Å². The van der Waals surface area contributed by atoms with Crippen molar-refractivity contribution in [1.29, 1.82) is 0 Å². The zero-order valence-corrected chi connectivity index (χ0v) is 13.1. The fraction of sp³-hybridized carbons (Fsp3) is 0.500. The van der Waals surface area contributed by atoms with E-state index in [4.69, 9.17) is 9.47 Å². The lowest BCUT2D eigenvalue weighted by Gasteiger charge is -2.47. The van der Waals surface area contributed by atoms with Crippen molar-refractivity contribution in [2.45, 2.75) is 37.3 Å². The molecule has 2 rings (SSSR count). The monoisotopic (exact) mass is 358 g/mol. The quantitative estimate of drug-likeness (QED) is 0.232. The van der Waals surface area contributed by atoms with E-state index in [2.05, 4.69) is 0 Å². The number of nitro benzene ring substituents is 1. The number of benzene rings is 1. The first-order valence-electron chi connectivity index (χ1n) is 7.23. The van der Waals surface area contributed by atoms with Crippen LogP contribution in [-0.2, 0) is 9.53 Å². The minimum atomic E-state index is -2.52. The second-order valence-corrected chi connectivity index (χ2v) is 5.50. The summed E-state index contributed by atoms with van der Waals surface area (Å²) in [6.07, 6.45) is -6.61. The Bertz CT molecular complexity index is 638. The molecule has 0 spiro atoms. The Balaban J connectivity index is 2.29. The highest BCUT2D eigenvalue weighted by atomic mass is 16.7. The number of carbonyl (C=O) groups is 1. The van der Waals surface area contributed by atoms with Crippen LogP contribution in [0.15, 0.2) is 24.3 Å². The van der Waals surface area contributed by atoms with Crippen molar-refractivity contribution >= 4 is 11.6 Å². The van der Waals surface area contributed by atoms with E-state index in [1.54, 1.807) is 0 Å². The molecule has 11 nitrogen and oxygen atoms in total. The molecule has 0 saturated carbocycles. The van der Waals surface area contributed by atoms with Gasteiger partial charge in [0.05, 0.1) is 11.5 Å². The van der Waals surface area contributed by atoms with E-state index in [1.807, 2.05) is 5.32 Å². The number of carbonyl (C=O) groups excluding carboxylic acids is 1. The maximum absolute atomic E-state index is 11.3. The number of ether oxygens (including phenoxy) is 2. The van der Waals surface area contributed by atoms with Gasteiger partial charge in [-0.25, -0.2) is 0 Å². The Morgan fingerprint density at radius 2 is 2.00 bits per heavy atom. The fourth-order valence-electron chi connectivity index (χ4n) is 2.40. The van der Waals surface area contributed by atoms with Gasteiger partial charge in [-0.2, -0.15) is 0 Å². The van der Waals surface area contributed by atoms with Crippen LogP contribution in [-0.4, -0.2) is 68.2 Å². The van der Waals surface area contributed by atoms with Crippen molar-refractivity contribution in [3.05, 3.63) is 34.4 Å². The number of rotatable bonds is 5. The van der Waals surface area contributed by atoms with Crippen molar-refractivity contribution in [2.24, 2.45) is 0 Å². The van der Waals surface area contributed by atoms with E-state index in [9.17, 15) is 35.3 Å². The van der Waals surface area contributed by atoms with Gasteiger partial charge in [0, 0.05) is 19.1 Å². The van der Waals surface area contributed by atoms with Gasteiger partial charge < -0.3 is 35.2 Å². The molecule has 1 heterocycles. The summed E-state index contributed by atoms with van der Waals surface area (Å²) in [6, 6.07) is 4.73. The number of nitro groups is 1. The van der Waals surface area contributed by atoms with E-state index < -0.39 is 47.8 Å². The predicted octanol–water partition coefficient (Wildman–Crippen LogP) is -1.76. The van der Waals surface area contributed by atoms with Crippen LogP contribution in [0, 0.1) is 10.1 Å². The van der Waals surface area contributed by atoms with Crippen LogP contribution in [0.3, 0.4) is 0 Å². The average molecular weight is 358 g/mol. The van der Waals surface area contributed by atoms with E-state index in [-0.39, 0.29) is 11.4 Å². The normalized spacial score (nSPS) is 32.0. The maximum Gasteiger partial charge on any atom is 0.269 e. The summed E-state index contributed by atoms with van der Waals surface area (Å²) in [6.45, 7) is 0.382. The largest absolute Gasteiger partial charge is 0.460 e. The molecule has 0 aromatic heterocycles. The minimum absolute atomic E-state index is 0.0275. The Hall–Kier alpha value is -2.31. The molecule has 1 fully saturated rings. The molecule has 0 radical (unpaired) electrons. The molecule has 0 bridgehead atoms. The number of amides is 1. The Morgan fingerprint density at radius 3 is 2.48 bits per heavy atom. The molecule has 1 aromatic rings. The van der Waals surface area contributed by atoms with Gasteiger partial charge in [-0.3, -0.25) is 14.9 Å². The molecule has 1 aliphatic rings. The number of hydrogen-bond acceptors (Lipinski definition) is 9. The molecule has 11 heteroatoms. The van der Waals surface area contributed by atoms with Gasteiger partial charge in [0.15, 0.2) is 0 Å². The van der Waals surface area contributed by atoms with Crippen LogP contribution >= 0.6 is 0 Å². The van der Waals surface area contributed by atoms with Gasteiger partial charge in [-0.05, 0) is 12.1 Å². The lowest BCUT2D eigenvalue weighted by atomic mass is 9.93. The standard InChI is InChI=1S/C14H18N2O9/c1-7(18)15-14(21)12(20)11(19)10(6-17)25-13(14)24-9-4-2-8(3-5-9)16(22)23/h2-5,10-13,17,19-21H,6H2,1H3,(H,15,18)/t10-,11+,12+,13?,14-/m1/s1. The van der Waals surface area contributed by atoms with Crippen LogP contribution in [0.1, 0.15) is 6.92 Å². The smallest absolute Gasteiger partial charge is 0.269 e. The highest BCUT2D eigenvalue weighted by Gasteiger charge is 2.57. The first kappa shape index (κ1) is 19.0. The number of non-ortho nitro benzene ring substituents is 1. The molecule has 1 saturated heterocycles. The molecule has 1 aromatic carbocycles. The number of nitrogens with one attached hydrogen (secondary N) is 1. The molecule has 1 aliphatic heterocycles. The molecule has 138 valence electrons. The minimum Gasteiger partial charge on any atom is -0.460 e. The summed E-state index contributed by atoms with van der Waals surface area (Å²) in [5.74, 6) is -0.711. The third-order valence-corrected chi connectivity index (χ3v) is 3.66. The van der Waals surface area contributed by atoms with Crippen LogP contribution in [0.5, 0.6) is 5.75 Å². The van der Waals surface area contributed by atoms with Crippen LogP contribution in [0.25, 0.3) is 0 Å². The highest BCUT2D eigenvalue weighted by molar-refractivity contribution is 5.73. The third kappa shape index (κ3) is 3.86. The summed E-state index contributed by atoms with van der Waals surface area (Å²) >= 11 is 0. The first-order valence-corrected chi connectivity index (χ1v) is 7.23. The molecule has 1 amide bonds. The van der Waals surface area contributed by atoms with Gasteiger partial charge in [0.25, 0.3) is 12.0 Å².